The molecule has 0 aliphatic rings. The Bertz CT molecular complexity index is 539. The number of nitrogens with zero attached hydrogens (tertiary/aromatic N) is 3. The van der Waals surface area contributed by atoms with Crippen molar-refractivity contribution in [2.24, 2.45) is 5.92 Å². The predicted molar refractivity (Wildman–Crippen MR) is 82.8 cm³/mol. The third-order valence-electron chi connectivity index (χ3n) is 3.10. The molecule has 0 radical (unpaired) electrons. The van der Waals surface area contributed by atoms with E-state index in [9.17, 15) is 0 Å². The van der Waals surface area contributed by atoms with Crippen molar-refractivity contribution >= 4 is 15.9 Å². The zero-order chi connectivity index (χ0) is 14.5. The van der Waals surface area contributed by atoms with E-state index < -0.39 is 0 Å². The van der Waals surface area contributed by atoms with Crippen LogP contribution in [0.25, 0.3) is 0 Å². The van der Waals surface area contributed by atoms with Crippen LogP contribution in [0.5, 0.6) is 0 Å². The van der Waals surface area contributed by atoms with Gasteiger partial charge in [-0.2, -0.15) is 0 Å². The lowest BCUT2D eigenvalue weighted by atomic mass is 10.1. The summed E-state index contributed by atoms with van der Waals surface area (Å²) in [5, 5.41) is 9.31. The summed E-state index contributed by atoms with van der Waals surface area (Å²) < 4.78 is 7.82. The highest BCUT2D eigenvalue weighted by atomic mass is 79.9. The van der Waals surface area contributed by atoms with E-state index in [1.165, 1.54) is 0 Å². The van der Waals surface area contributed by atoms with Gasteiger partial charge in [0.1, 0.15) is 11.9 Å². The maximum Gasteiger partial charge on any atom is 0.166 e. The number of methoxy groups -OCH3 is 1. The molecular formula is C15H20BrN3O. The molecule has 0 saturated heterocycles. The lowest BCUT2D eigenvalue weighted by Gasteiger charge is -2.18. The second-order valence-electron chi connectivity index (χ2n) is 5.14. The Labute approximate surface area is 128 Å². The van der Waals surface area contributed by atoms with E-state index in [2.05, 4.69) is 56.7 Å². The Morgan fingerprint density at radius 1 is 1.20 bits per heavy atom. The minimum absolute atomic E-state index is 0.185. The van der Waals surface area contributed by atoms with Gasteiger partial charge < -0.3 is 9.30 Å². The Hall–Kier alpha value is -1.20. The minimum atomic E-state index is -0.185. The average molecular weight is 338 g/mol. The molecule has 1 atom stereocenters. The molecule has 0 amide bonds. The summed E-state index contributed by atoms with van der Waals surface area (Å²) in [4.78, 5) is 0. The van der Waals surface area contributed by atoms with Gasteiger partial charge >= 0.3 is 0 Å². The van der Waals surface area contributed by atoms with E-state index in [1.807, 2.05) is 18.2 Å². The number of alkyl halides is 1. The van der Waals surface area contributed by atoms with E-state index in [1.54, 1.807) is 7.11 Å². The second kappa shape index (κ2) is 6.99. The molecule has 0 bridgehead atoms. The van der Waals surface area contributed by atoms with E-state index in [0.717, 1.165) is 23.8 Å². The highest BCUT2D eigenvalue weighted by molar-refractivity contribution is 9.08. The van der Waals surface area contributed by atoms with Crippen LogP contribution in [0, 0.1) is 5.92 Å². The van der Waals surface area contributed by atoms with Crippen LogP contribution in [0.2, 0.25) is 0 Å². The lowest BCUT2D eigenvalue weighted by Crippen LogP contribution is -2.16. The summed E-state index contributed by atoms with van der Waals surface area (Å²) in [5.41, 5.74) is 1.09. The van der Waals surface area contributed by atoms with Gasteiger partial charge in [0.25, 0.3) is 0 Å². The molecule has 0 spiro atoms. The normalized spacial score (nSPS) is 12.8. The number of ether oxygens (including phenoxy) is 1. The first-order valence-electron chi connectivity index (χ1n) is 6.73. The number of aromatic nitrogens is 3. The molecule has 1 aromatic heterocycles. The summed E-state index contributed by atoms with van der Waals surface area (Å²) in [6.45, 7) is 5.26. The fourth-order valence-electron chi connectivity index (χ4n) is 2.22. The minimum Gasteiger partial charge on any atom is -0.369 e. The van der Waals surface area contributed by atoms with E-state index in [-0.39, 0.29) is 6.10 Å². The summed E-state index contributed by atoms with van der Waals surface area (Å²) in [5.74, 6) is 2.32. The van der Waals surface area contributed by atoms with Gasteiger partial charge in [0.05, 0.1) is 5.33 Å². The van der Waals surface area contributed by atoms with Crippen LogP contribution >= 0.6 is 15.9 Å². The zero-order valence-corrected chi connectivity index (χ0v) is 13.7. The molecule has 2 aromatic rings. The third kappa shape index (κ3) is 3.27. The van der Waals surface area contributed by atoms with Gasteiger partial charge in [-0.3, -0.25) is 0 Å². The molecule has 0 fully saturated rings. The fraction of sp³-hybridized carbons (Fsp3) is 0.467. The molecule has 0 saturated carbocycles. The van der Waals surface area contributed by atoms with Crippen LogP contribution in [0.4, 0.5) is 0 Å². The maximum atomic E-state index is 5.66. The third-order valence-corrected chi connectivity index (χ3v) is 3.60. The molecule has 20 heavy (non-hydrogen) atoms. The smallest absolute Gasteiger partial charge is 0.166 e. The number of rotatable bonds is 6. The first kappa shape index (κ1) is 15.2. The van der Waals surface area contributed by atoms with Gasteiger partial charge in [-0.1, -0.05) is 60.1 Å². The van der Waals surface area contributed by atoms with E-state index >= 15 is 0 Å². The van der Waals surface area contributed by atoms with Gasteiger partial charge in [0.2, 0.25) is 0 Å². The van der Waals surface area contributed by atoms with Crippen LogP contribution in [0.3, 0.4) is 0 Å². The fourth-order valence-corrected chi connectivity index (χ4v) is 2.64. The van der Waals surface area contributed by atoms with Crippen molar-refractivity contribution in [3.05, 3.63) is 47.5 Å². The van der Waals surface area contributed by atoms with Crippen LogP contribution in [0.1, 0.15) is 37.2 Å². The Morgan fingerprint density at radius 2 is 1.90 bits per heavy atom. The molecule has 1 unspecified atom stereocenters. The molecule has 108 valence electrons. The van der Waals surface area contributed by atoms with Crippen molar-refractivity contribution in [2.45, 2.75) is 31.8 Å². The van der Waals surface area contributed by atoms with Crippen molar-refractivity contribution in [2.75, 3.05) is 7.11 Å². The maximum absolute atomic E-state index is 5.66. The summed E-state index contributed by atoms with van der Waals surface area (Å²) in [6.07, 6.45) is -0.185. The summed E-state index contributed by atoms with van der Waals surface area (Å²) in [6, 6.07) is 10.1. The molecular weight excluding hydrogens is 318 g/mol. The monoisotopic (exact) mass is 337 g/mol. The van der Waals surface area contributed by atoms with Gasteiger partial charge in [-0.15, -0.1) is 10.2 Å². The van der Waals surface area contributed by atoms with Crippen LogP contribution in [-0.2, 0) is 16.6 Å². The highest BCUT2D eigenvalue weighted by Gasteiger charge is 2.22. The van der Waals surface area contributed by atoms with Crippen molar-refractivity contribution in [1.29, 1.82) is 0 Å². The highest BCUT2D eigenvalue weighted by Crippen LogP contribution is 2.25. The summed E-state index contributed by atoms with van der Waals surface area (Å²) >= 11 is 3.47. The lowest BCUT2D eigenvalue weighted by molar-refractivity contribution is 0.124. The zero-order valence-electron chi connectivity index (χ0n) is 12.1. The first-order valence-corrected chi connectivity index (χ1v) is 7.85. The molecule has 5 heteroatoms. The van der Waals surface area contributed by atoms with Gasteiger partial charge in [0, 0.05) is 13.7 Å². The Kier molecular flexibility index (Phi) is 5.31. The van der Waals surface area contributed by atoms with Crippen molar-refractivity contribution in [1.82, 2.24) is 14.8 Å². The number of benzene rings is 1. The molecule has 0 aliphatic carbocycles. The number of hydrogen-bond acceptors (Lipinski definition) is 3. The van der Waals surface area contributed by atoms with Gasteiger partial charge in [-0.25, -0.2) is 0 Å². The topological polar surface area (TPSA) is 39.9 Å². The summed E-state index contributed by atoms with van der Waals surface area (Å²) in [7, 11) is 1.71. The van der Waals surface area contributed by atoms with Crippen molar-refractivity contribution in [3.8, 4) is 0 Å². The van der Waals surface area contributed by atoms with E-state index in [0.29, 0.717) is 11.2 Å². The van der Waals surface area contributed by atoms with Gasteiger partial charge in [0.15, 0.2) is 5.82 Å². The van der Waals surface area contributed by atoms with Crippen LogP contribution in [-0.4, -0.2) is 21.9 Å². The van der Waals surface area contributed by atoms with E-state index in [4.69, 9.17) is 4.74 Å². The number of halogens is 1. The standard InChI is InChI=1S/C15H20BrN3O/c1-11(2)10-19-13(9-16)17-18-15(19)14(20-3)12-7-5-4-6-8-12/h4-8,11,14H,9-10H2,1-3H3. The SMILES string of the molecule is COC(c1ccccc1)c1nnc(CBr)n1CC(C)C. The molecule has 2 rings (SSSR count). The quantitative estimate of drug-likeness (QED) is 0.756. The number of hydrogen-bond donors (Lipinski definition) is 0. The predicted octanol–water partition coefficient (Wildman–Crippen LogP) is 3.56. The first-order chi connectivity index (χ1) is 9.67. The Morgan fingerprint density at radius 3 is 2.45 bits per heavy atom. The van der Waals surface area contributed by atoms with Crippen molar-refractivity contribution < 1.29 is 4.74 Å². The Balaban J connectivity index is 2.42. The average Bonchev–Trinajstić information content (AvgIpc) is 2.83. The molecule has 4 nitrogen and oxygen atoms in total. The van der Waals surface area contributed by atoms with Crippen LogP contribution in [0.15, 0.2) is 30.3 Å². The van der Waals surface area contributed by atoms with Gasteiger partial charge in [-0.05, 0) is 11.5 Å². The molecule has 1 aromatic carbocycles. The molecule has 0 aliphatic heterocycles. The largest absolute Gasteiger partial charge is 0.369 e. The second-order valence-corrected chi connectivity index (χ2v) is 5.70. The molecule has 0 N–H and O–H groups in total. The van der Waals surface area contributed by atoms with Crippen LogP contribution < -0.4 is 0 Å². The molecule has 1 heterocycles. The van der Waals surface area contributed by atoms with Crippen molar-refractivity contribution in [3.63, 3.8) is 0 Å².